The van der Waals surface area contributed by atoms with Crippen LogP contribution in [0.4, 0.5) is 19.1 Å². The van der Waals surface area contributed by atoms with Gasteiger partial charge in [-0.25, -0.2) is 15.0 Å². The molecule has 0 amide bonds. The Morgan fingerprint density at radius 2 is 2.04 bits per heavy atom. The van der Waals surface area contributed by atoms with Gasteiger partial charge in [0.05, 0.1) is 6.54 Å². The predicted molar refractivity (Wildman–Crippen MR) is 103 cm³/mol. The summed E-state index contributed by atoms with van der Waals surface area (Å²) in [5, 5.41) is 21.2. The summed E-state index contributed by atoms with van der Waals surface area (Å²) in [7, 11) is 0. The van der Waals surface area contributed by atoms with Gasteiger partial charge in [0.1, 0.15) is 11.3 Å². The second kappa shape index (κ2) is 9.69. The quantitative estimate of drug-likeness (QED) is 0.300. The first-order chi connectivity index (χ1) is 13.2. The van der Waals surface area contributed by atoms with Gasteiger partial charge in [0.15, 0.2) is 5.96 Å². The van der Waals surface area contributed by atoms with Gasteiger partial charge in [-0.3, -0.25) is 0 Å². The van der Waals surface area contributed by atoms with Gasteiger partial charge in [-0.15, -0.1) is 11.3 Å². The van der Waals surface area contributed by atoms with Gasteiger partial charge >= 0.3 is 6.18 Å². The van der Waals surface area contributed by atoms with E-state index in [4.69, 9.17) is 0 Å². The number of hydrogen-bond donors (Lipinski definition) is 4. The Hall–Kier alpha value is -2.40. The molecular weight excluding hydrogens is 393 g/mol. The van der Waals surface area contributed by atoms with Crippen LogP contribution >= 0.6 is 11.3 Å². The van der Waals surface area contributed by atoms with Crippen molar-refractivity contribution in [3.63, 3.8) is 0 Å². The Morgan fingerprint density at radius 1 is 1.25 bits per heavy atom. The Labute approximate surface area is 165 Å². The van der Waals surface area contributed by atoms with Crippen molar-refractivity contribution in [1.82, 2.24) is 20.6 Å². The van der Waals surface area contributed by atoms with E-state index >= 15 is 0 Å². The largest absolute Gasteiger partial charge is 0.433 e. The van der Waals surface area contributed by atoms with Crippen molar-refractivity contribution in [2.24, 2.45) is 4.99 Å². The number of thiophene rings is 1. The van der Waals surface area contributed by atoms with Crippen LogP contribution in [-0.2, 0) is 11.8 Å². The van der Waals surface area contributed by atoms with Crippen LogP contribution in [0.2, 0.25) is 0 Å². The molecule has 0 fully saturated rings. The van der Waals surface area contributed by atoms with E-state index in [0.29, 0.717) is 19.0 Å². The van der Waals surface area contributed by atoms with E-state index in [1.165, 1.54) is 11.3 Å². The molecule has 0 spiro atoms. The summed E-state index contributed by atoms with van der Waals surface area (Å²) < 4.78 is 38.0. The Balaban J connectivity index is 1.86. The van der Waals surface area contributed by atoms with Gasteiger partial charge in [-0.2, -0.15) is 13.2 Å². The molecule has 0 aliphatic heterocycles. The van der Waals surface area contributed by atoms with Gasteiger partial charge in [-0.1, -0.05) is 6.07 Å². The molecule has 2 rings (SSSR count). The molecule has 28 heavy (non-hydrogen) atoms. The van der Waals surface area contributed by atoms with E-state index in [0.717, 1.165) is 17.1 Å². The van der Waals surface area contributed by atoms with Crippen molar-refractivity contribution in [3.05, 3.63) is 40.3 Å². The minimum atomic E-state index is -4.51. The number of nitrogens with zero attached hydrogens (tertiary/aromatic N) is 3. The first-order valence-corrected chi connectivity index (χ1v) is 9.53. The summed E-state index contributed by atoms with van der Waals surface area (Å²) in [6, 6.07) is 4.53. The minimum Gasteiger partial charge on any atom is -0.383 e. The van der Waals surface area contributed by atoms with Crippen molar-refractivity contribution >= 4 is 23.2 Å². The highest BCUT2D eigenvalue weighted by atomic mass is 32.1. The first kappa shape index (κ1) is 21.9. The number of aromatic nitrogens is 2. The van der Waals surface area contributed by atoms with Crippen LogP contribution in [0, 0.1) is 0 Å². The zero-order valence-corrected chi connectivity index (χ0v) is 16.4. The highest BCUT2D eigenvalue weighted by molar-refractivity contribution is 7.10. The molecule has 0 aliphatic rings. The van der Waals surface area contributed by atoms with Crippen molar-refractivity contribution < 1.29 is 18.3 Å². The minimum absolute atomic E-state index is 0.0980. The molecular formula is C17H23F3N6OS. The molecule has 0 saturated carbocycles. The molecule has 2 aromatic heterocycles. The van der Waals surface area contributed by atoms with Gasteiger partial charge in [0, 0.05) is 30.7 Å². The van der Waals surface area contributed by atoms with Crippen LogP contribution in [0.5, 0.6) is 0 Å². The van der Waals surface area contributed by atoms with Gasteiger partial charge in [0.25, 0.3) is 0 Å². The van der Waals surface area contributed by atoms with Crippen molar-refractivity contribution in [2.45, 2.75) is 25.6 Å². The zero-order valence-electron chi connectivity index (χ0n) is 15.5. The van der Waals surface area contributed by atoms with E-state index in [1.807, 2.05) is 24.4 Å². The maximum atomic E-state index is 12.7. The normalized spacial score (nSPS) is 14.4. The second-order valence-electron chi connectivity index (χ2n) is 6.06. The number of rotatable bonds is 8. The van der Waals surface area contributed by atoms with Crippen molar-refractivity contribution in [2.75, 3.05) is 31.5 Å². The summed E-state index contributed by atoms with van der Waals surface area (Å²) in [6.07, 6.45) is -3.45. The smallest absolute Gasteiger partial charge is 0.383 e. The molecule has 2 aromatic rings. The molecule has 1 unspecified atom stereocenters. The average molecular weight is 416 g/mol. The van der Waals surface area contributed by atoms with Crippen molar-refractivity contribution in [3.8, 4) is 0 Å². The Kier molecular flexibility index (Phi) is 7.58. The van der Waals surface area contributed by atoms with E-state index in [2.05, 4.69) is 30.9 Å². The average Bonchev–Trinajstić information content (AvgIpc) is 3.18. The van der Waals surface area contributed by atoms with Gasteiger partial charge < -0.3 is 21.1 Å². The standard InChI is InChI=1S/C17H23F3N6OS/c1-3-21-14(25-11-16(2,27)13-5-4-10-28-13)23-8-9-24-15-22-7-6-12(26-15)17(18,19)20/h4-7,10,27H,3,8-9,11H2,1-2H3,(H2,21,23,25)(H,22,24,26). The van der Waals surface area contributed by atoms with E-state index in [1.54, 1.807) is 6.92 Å². The van der Waals surface area contributed by atoms with E-state index in [-0.39, 0.29) is 19.0 Å². The number of anilines is 1. The molecule has 7 nitrogen and oxygen atoms in total. The maximum Gasteiger partial charge on any atom is 0.433 e. The molecule has 0 saturated heterocycles. The molecule has 4 N–H and O–H groups in total. The number of aliphatic hydroxyl groups is 1. The lowest BCUT2D eigenvalue weighted by molar-refractivity contribution is -0.141. The SMILES string of the molecule is CCNC(=NCC(C)(O)c1cccs1)NCCNc1nccc(C(F)(F)F)n1. The van der Waals surface area contributed by atoms with Crippen molar-refractivity contribution in [1.29, 1.82) is 0 Å². The molecule has 0 aromatic carbocycles. The molecule has 1 atom stereocenters. The number of halogens is 3. The summed E-state index contributed by atoms with van der Waals surface area (Å²) in [4.78, 5) is 12.4. The number of alkyl halides is 3. The molecule has 11 heteroatoms. The number of aliphatic imine (C=N–C) groups is 1. The summed E-state index contributed by atoms with van der Waals surface area (Å²) >= 11 is 1.45. The van der Waals surface area contributed by atoms with E-state index in [9.17, 15) is 18.3 Å². The first-order valence-electron chi connectivity index (χ1n) is 8.65. The third kappa shape index (κ3) is 6.64. The summed E-state index contributed by atoms with van der Waals surface area (Å²) in [5.74, 6) is 0.394. The number of guanidine groups is 1. The van der Waals surface area contributed by atoms with Crippen LogP contribution in [-0.4, -0.2) is 47.2 Å². The lowest BCUT2D eigenvalue weighted by atomic mass is 10.1. The zero-order chi connectivity index (χ0) is 20.6. The second-order valence-corrected chi connectivity index (χ2v) is 7.01. The lowest BCUT2D eigenvalue weighted by Crippen LogP contribution is -2.40. The predicted octanol–water partition coefficient (Wildman–Crippen LogP) is 2.43. The third-order valence-electron chi connectivity index (χ3n) is 3.59. The van der Waals surface area contributed by atoms with Crippen LogP contribution in [0.1, 0.15) is 24.4 Å². The molecule has 2 heterocycles. The van der Waals surface area contributed by atoms with E-state index < -0.39 is 17.5 Å². The summed E-state index contributed by atoms with van der Waals surface area (Å²) in [5.41, 5.74) is -2.08. The Bertz CT molecular complexity index is 765. The maximum absolute atomic E-state index is 12.7. The molecule has 0 bridgehead atoms. The number of hydrogen-bond acceptors (Lipinski definition) is 6. The van der Waals surface area contributed by atoms with Gasteiger partial charge in [0.2, 0.25) is 5.95 Å². The molecule has 0 radical (unpaired) electrons. The fourth-order valence-corrected chi connectivity index (χ4v) is 2.97. The summed E-state index contributed by atoms with van der Waals surface area (Å²) in [6.45, 7) is 5.03. The highest BCUT2D eigenvalue weighted by Crippen LogP contribution is 2.27. The third-order valence-corrected chi connectivity index (χ3v) is 4.71. The van der Waals surface area contributed by atoms with Crippen LogP contribution in [0.25, 0.3) is 0 Å². The van der Waals surface area contributed by atoms with Gasteiger partial charge in [-0.05, 0) is 31.4 Å². The monoisotopic (exact) mass is 416 g/mol. The highest BCUT2D eigenvalue weighted by Gasteiger charge is 2.32. The Morgan fingerprint density at radius 3 is 2.68 bits per heavy atom. The fraction of sp³-hybridized carbons (Fsp3) is 0.471. The van der Waals surface area contributed by atoms with Crippen LogP contribution < -0.4 is 16.0 Å². The van der Waals surface area contributed by atoms with Crippen LogP contribution in [0.15, 0.2) is 34.8 Å². The molecule has 154 valence electrons. The molecule has 0 aliphatic carbocycles. The topological polar surface area (TPSA) is 94.5 Å². The van der Waals surface area contributed by atoms with Crippen LogP contribution in [0.3, 0.4) is 0 Å². The fourth-order valence-electron chi connectivity index (χ4n) is 2.19. The number of nitrogens with one attached hydrogen (secondary N) is 3. The lowest BCUT2D eigenvalue weighted by Gasteiger charge is -2.20.